The third-order valence-electron chi connectivity index (χ3n) is 4.26. The molecule has 2 unspecified atom stereocenters. The standard InChI is InChI=1S/C17H18N2O5S/c1-9-4-5-10(19(22)23)8-11(9)12-6-7-13(24-12)15-18-14(16(20)21)17(2,3)25-15/h4-8,14-15,18H,1-3H3,(H,20,21). The molecule has 2 atom stereocenters. The van der Waals surface area contributed by atoms with Gasteiger partial charge in [-0.3, -0.25) is 20.2 Å². The lowest BCUT2D eigenvalue weighted by atomic mass is 10.0. The number of aliphatic carboxylic acids is 1. The van der Waals surface area contributed by atoms with Crippen LogP contribution in [0, 0.1) is 17.0 Å². The van der Waals surface area contributed by atoms with E-state index in [0.717, 1.165) is 5.56 Å². The van der Waals surface area contributed by atoms with Crippen LogP contribution in [0.1, 0.15) is 30.5 Å². The van der Waals surface area contributed by atoms with E-state index >= 15 is 0 Å². The third-order valence-corrected chi connectivity index (χ3v) is 5.71. The zero-order chi connectivity index (χ0) is 18.4. The first kappa shape index (κ1) is 17.5. The van der Waals surface area contributed by atoms with Crippen molar-refractivity contribution < 1.29 is 19.2 Å². The van der Waals surface area contributed by atoms with Crippen molar-refractivity contribution in [3.63, 3.8) is 0 Å². The number of hydrogen-bond donors (Lipinski definition) is 2. The molecule has 7 nitrogen and oxygen atoms in total. The zero-order valence-corrected chi connectivity index (χ0v) is 14.8. The number of rotatable bonds is 4. The van der Waals surface area contributed by atoms with Crippen LogP contribution in [0.15, 0.2) is 34.7 Å². The molecule has 1 aliphatic rings. The summed E-state index contributed by atoms with van der Waals surface area (Å²) in [4.78, 5) is 21.9. The molecule has 0 bridgehead atoms. The van der Waals surface area contributed by atoms with E-state index in [-0.39, 0.29) is 11.1 Å². The van der Waals surface area contributed by atoms with Crippen molar-refractivity contribution in [2.45, 2.75) is 36.9 Å². The summed E-state index contributed by atoms with van der Waals surface area (Å²) in [5.74, 6) is 0.222. The van der Waals surface area contributed by atoms with Crippen molar-refractivity contribution in [2.24, 2.45) is 0 Å². The molecule has 1 fully saturated rings. The van der Waals surface area contributed by atoms with Gasteiger partial charge >= 0.3 is 5.97 Å². The van der Waals surface area contributed by atoms with Gasteiger partial charge in [0.15, 0.2) is 0 Å². The number of carbonyl (C=O) groups is 1. The number of nitro groups is 1. The fourth-order valence-corrected chi connectivity index (χ4v) is 4.25. The van der Waals surface area contributed by atoms with Gasteiger partial charge in [0, 0.05) is 22.4 Å². The molecule has 3 rings (SSSR count). The van der Waals surface area contributed by atoms with Gasteiger partial charge in [0.25, 0.3) is 5.69 Å². The van der Waals surface area contributed by atoms with E-state index in [1.54, 1.807) is 18.2 Å². The van der Waals surface area contributed by atoms with E-state index in [9.17, 15) is 20.0 Å². The van der Waals surface area contributed by atoms with Crippen LogP contribution in [0.25, 0.3) is 11.3 Å². The Hall–Kier alpha value is -2.32. The van der Waals surface area contributed by atoms with Crippen molar-refractivity contribution in [1.82, 2.24) is 5.32 Å². The van der Waals surface area contributed by atoms with E-state index in [4.69, 9.17) is 4.42 Å². The number of hydrogen-bond acceptors (Lipinski definition) is 6. The fraction of sp³-hybridized carbons (Fsp3) is 0.353. The number of nitrogens with one attached hydrogen (secondary N) is 1. The Morgan fingerprint density at radius 3 is 2.68 bits per heavy atom. The molecule has 1 aromatic heterocycles. The third kappa shape index (κ3) is 3.27. The molecule has 0 radical (unpaired) electrons. The van der Waals surface area contributed by atoms with Crippen LogP contribution in [-0.2, 0) is 4.79 Å². The smallest absolute Gasteiger partial charge is 0.322 e. The minimum atomic E-state index is -0.902. The molecule has 132 valence electrons. The van der Waals surface area contributed by atoms with Crippen LogP contribution in [-0.4, -0.2) is 26.8 Å². The van der Waals surface area contributed by atoms with E-state index in [0.29, 0.717) is 17.1 Å². The second-order valence-corrected chi connectivity index (χ2v) is 8.26. The first-order chi connectivity index (χ1) is 11.7. The number of aryl methyl sites for hydroxylation is 1. The van der Waals surface area contributed by atoms with Gasteiger partial charge in [0.1, 0.15) is 22.9 Å². The number of nitrogens with zero attached hydrogens (tertiary/aromatic N) is 1. The number of carboxylic acid groups (broad SMARTS) is 1. The molecule has 2 heterocycles. The van der Waals surface area contributed by atoms with Gasteiger partial charge in [-0.25, -0.2) is 0 Å². The average Bonchev–Trinajstić information content (AvgIpc) is 3.11. The molecule has 0 saturated carbocycles. The lowest BCUT2D eigenvalue weighted by molar-refractivity contribution is -0.384. The Kier molecular flexibility index (Phi) is 4.34. The topological polar surface area (TPSA) is 106 Å². The SMILES string of the molecule is Cc1ccc([N+](=O)[O-])cc1-c1ccc(C2NC(C(=O)O)C(C)(C)S2)o1. The number of non-ortho nitro benzene ring substituents is 1. The van der Waals surface area contributed by atoms with Crippen molar-refractivity contribution in [3.05, 3.63) is 51.8 Å². The van der Waals surface area contributed by atoms with Gasteiger partial charge in [-0.1, -0.05) is 6.07 Å². The molecule has 0 amide bonds. The second-order valence-electron chi connectivity index (χ2n) is 6.50. The van der Waals surface area contributed by atoms with E-state index in [1.807, 2.05) is 20.8 Å². The lowest BCUT2D eigenvalue weighted by Crippen LogP contribution is -2.43. The maximum Gasteiger partial charge on any atom is 0.322 e. The average molecular weight is 362 g/mol. The number of nitro benzene ring substituents is 1. The highest BCUT2D eigenvalue weighted by Gasteiger charge is 2.46. The molecule has 0 aliphatic carbocycles. The summed E-state index contributed by atoms with van der Waals surface area (Å²) in [6.07, 6.45) is 0. The molecular formula is C17H18N2O5S. The number of furan rings is 1. The monoisotopic (exact) mass is 362 g/mol. The van der Waals surface area contributed by atoms with Gasteiger partial charge < -0.3 is 9.52 Å². The van der Waals surface area contributed by atoms with Gasteiger partial charge in [0.2, 0.25) is 0 Å². The Morgan fingerprint density at radius 1 is 1.36 bits per heavy atom. The quantitative estimate of drug-likeness (QED) is 0.630. The molecule has 25 heavy (non-hydrogen) atoms. The number of benzene rings is 1. The van der Waals surface area contributed by atoms with Crippen LogP contribution < -0.4 is 5.32 Å². The summed E-state index contributed by atoms with van der Waals surface area (Å²) < 4.78 is 5.41. The molecular weight excluding hydrogens is 344 g/mol. The summed E-state index contributed by atoms with van der Waals surface area (Å²) in [6.45, 7) is 5.60. The minimum Gasteiger partial charge on any atom is -0.480 e. The van der Waals surface area contributed by atoms with Crippen LogP contribution >= 0.6 is 11.8 Å². The number of carboxylic acids is 1. The van der Waals surface area contributed by atoms with Crippen molar-refractivity contribution in [3.8, 4) is 11.3 Å². The first-order valence-electron chi connectivity index (χ1n) is 7.71. The lowest BCUT2D eigenvalue weighted by Gasteiger charge is -2.20. The minimum absolute atomic E-state index is 0.000934. The highest BCUT2D eigenvalue weighted by Crippen LogP contribution is 2.46. The van der Waals surface area contributed by atoms with Crippen LogP contribution in [0.2, 0.25) is 0 Å². The highest BCUT2D eigenvalue weighted by atomic mass is 32.2. The van der Waals surface area contributed by atoms with Crippen LogP contribution in [0.5, 0.6) is 0 Å². The van der Waals surface area contributed by atoms with Gasteiger partial charge in [-0.15, -0.1) is 11.8 Å². The van der Waals surface area contributed by atoms with Gasteiger partial charge in [-0.05, 0) is 38.5 Å². The van der Waals surface area contributed by atoms with Crippen molar-refractivity contribution in [1.29, 1.82) is 0 Å². The Balaban J connectivity index is 1.90. The Labute approximate surface area is 148 Å². The van der Waals surface area contributed by atoms with E-state index in [1.165, 1.54) is 23.9 Å². The normalized spacial score (nSPS) is 22.0. The maximum atomic E-state index is 11.4. The second kappa shape index (κ2) is 6.20. The fourth-order valence-electron chi connectivity index (χ4n) is 2.89. The maximum absolute atomic E-state index is 11.4. The summed E-state index contributed by atoms with van der Waals surface area (Å²) in [5, 5.41) is 23.1. The summed E-state index contributed by atoms with van der Waals surface area (Å²) >= 11 is 1.48. The van der Waals surface area contributed by atoms with Gasteiger partial charge in [-0.2, -0.15) is 0 Å². The summed E-state index contributed by atoms with van der Waals surface area (Å²) in [7, 11) is 0. The first-order valence-corrected chi connectivity index (χ1v) is 8.59. The number of thioether (sulfide) groups is 1. The predicted molar refractivity (Wildman–Crippen MR) is 94.5 cm³/mol. The summed E-state index contributed by atoms with van der Waals surface area (Å²) in [5.41, 5.74) is 1.51. The Bertz CT molecular complexity index is 845. The Morgan fingerprint density at radius 2 is 2.08 bits per heavy atom. The molecule has 2 aromatic rings. The molecule has 1 aromatic carbocycles. The van der Waals surface area contributed by atoms with Crippen LogP contribution in [0.4, 0.5) is 5.69 Å². The molecule has 8 heteroatoms. The van der Waals surface area contributed by atoms with Crippen LogP contribution in [0.3, 0.4) is 0 Å². The molecule has 0 spiro atoms. The predicted octanol–water partition coefficient (Wildman–Crippen LogP) is 3.73. The molecule has 1 aliphatic heterocycles. The van der Waals surface area contributed by atoms with E-state index < -0.39 is 21.7 Å². The van der Waals surface area contributed by atoms with Crippen molar-refractivity contribution >= 4 is 23.4 Å². The van der Waals surface area contributed by atoms with Crippen molar-refractivity contribution in [2.75, 3.05) is 0 Å². The highest BCUT2D eigenvalue weighted by molar-refractivity contribution is 8.01. The van der Waals surface area contributed by atoms with E-state index in [2.05, 4.69) is 5.32 Å². The van der Waals surface area contributed by atoms with Gasteiger partial charge in [0.05, 0.1) is 4.92 Å². The molecule has 2 N–H and O–H groups in total. The summed E-state index contributed by atoms with van der Waals surface area (Å²) in [6, 6.07) is 7.47. The zero-order valence-electron chi connectivity index (χ0n) is 14.0. The molecule has 1 saturated heterocycles. The largest absolute Gasteiger partial charge is 0.480 e.